The number of primary sulfonamides is 1. The van der Waals surface area contributed by atoms with Crippen molar-refractivity contribution >= 4 is 21.6 Å². The van der Waals surface area contributed by atoms with Crippen molar-refractivity contribution in [2.24, 2.45) is 10.6 Å². The second kappa shape index (κ2) is 6.43. The zero-order chi connectivity index (χ0) is 15.5. The Hall–Kier alpha value is -0.960. The minimum Gasteiger partial charge on any atom is -0.476 e. The van der Waals surface area contributed by atoms with Crippen LogP contribution in [-0.4, -0.2) is 39.8 Å². The molecule has 2 rings (SSSR count). The van der Waals surface area contributed by atoms with E-state index in [1.54, 1.807) is 0 Å². The lowest BCUT2D eigenvalue weighted by Crippen LogP contribution is -2.42. The van der Waals surface area contributed by atoms with Crippen molar-refractivity contribution in [2.45, 2.75) is 17.7 Å². The monoisotopic (exact) mass is 337 g/mol. The summed E-state index contributed by atoms with van der Waals surface area (Å²) < 4.78 is 41.2. The number of nitrogens with two attached hydrogens (primary N) is 1. The van der Waals surface area contributed by atoms with Gasteiger partial charge < -0.3 is 10.1 Å². The fraction of sp³-hybridized carbons (Fsp3) is 0.583. The Labute approximate surface area is 127 Å². The normalized spacial score (nSPS) is 18.4. The van der Waals surface area contributed by atoms with Crippen molar-refractivity contribution < 1.29 is 17.5 Å². The standard InChI is InChI=1S/C12H17ClFN3O3S/c13-10-5-9(21(15,18)19)6-17-11(10)20-8-12(7-14)1-3-16-4-2-12/h5-6,16H,1-4,7-8H2,(H2,15,18,19). The van der Waals surface area contributed by atoms with Gasteiger partial charge in [-0.25, -0.2) is 18.5 Å². The summed E-state index contributed by atoms with van der Waals surface area (Å²) in [6.45, 7) is 1.13. The van der Waals surface area contributed by atoms with Gasteiger partial charge in [0.2, 0.25) is 15.9 Å². The summed E-state index contributed by atoms with van der Waals surface area (Å²) in [5.74, 6) is 0.0791. The van der Waals surface area contributed by atoms with E-state index in [2.05, 4.69) is 10.3 Å². The predicted molar refractivity (Wildman–Crippen MR) is 76.6 cm³/mol. The second-order valence-electron chi connectivity index (χ2n) is 5.18. The predicted octanol–water partition coefficient (Wildman–Crippen LogP) is 1.10. The summed E-state index contributed by atoms with van der Waals surface area (Å²) in [5, 5.41) is 8.18. The van der Waals surface area contributed by atoms with E-state index in [-0.39, 0.29) is 22.4 Å². The number of piperidine rings is 1. The van der Waals surface area contributed by atoms with Gasteiger partial charge >= 0.3 is 0 Å². The number of hydrogen-bond acceptors (Lipinski definition) is 5. The number of nitrogens with zero attached hydrogens (tertiary/aromatic N) is 1. The third-order valence-corrected chi connectivity index (χ3v) is 4.72. The lowest BCUT2D eigenvalue weighted by molar-refractivity contribution is 0.0728. The van der Waals surface area contributed by atoms with Gasteiger partial charge in [0, 0.05) is 5.41 Å². The molecule has 118 valence electrons. The Bertz CT molecular complexity index is 606. The molecule has 1 aliphatic heterocycles. The first-order valence-electron chi connectivity index (χ1n) is 6.44. The summed E-state index contributed by atoms with van der Waals surface area (Å²) >= 11 is 5.93. The van der Waals surface area contributed by atoms with Crippen LogP contribution < -0.4 is 15.2 Å². The van der Waals surface area contributed by atoms with Crippen molar-refractivity contribution in [1.82, 2.24) is 10.3 Å². The molecular weight excluding hydrogens is 321 g/mol. The van der Waals surface area contributed by atoms with Crippen LogP contribution in [0.25, 0.3) is 0 Å². The highest BCUT2D eigenvalue weighted by atomic mass is 35.5. The van der Waals surface area contributed by atoms with Gasteiger partial charge in [0.25, 0.3) is 0 Å². The molecule has 0 radical (unpaired) electrons. The van der Waals surface area contributed by atoms with Crippen LogP contribution in [0.15, 0.2) is 17.2 Å². The van der Waals surface area contributed by atoms with Gasteiger partial charge in [-0.05, 0) is 32.0 Å². The van der Waals surface area contributed by atoms with Crippen LogP contribution >= 0.6 is 11.6 Å². The first-order valence-corrected chi connectivity index (χ1v) is 8.37. The number of sulfonamides is 1. The molecule has 0 atom stereocenters. The zero-order valence-corrected chi connectivity index (χ0v) is 12.9. The molecule has 0 unspecified atom stereocenters. The average Bonchev–Trinajstić information content (AvgIpc) is 2.46. The molecule has 3 N–H and O–H groups in total. The molecule has 21 heavy (non-hydrogen) atoms. The molecule has 0 spiro atoms. The van der Waals surface area contributed by atoms with E-state index in [0.717, 1.165) is 19.3 Å². The number of pyridine rings is 1. The maximum absolute atomic E-state index is 13.3. The average molecular weight is 338 g/mol. The number of hydrogen-bond donors (Lipinski definition) is 2. The Morgan fingerprint density at radius 1 is 1.48 bits per heavy atom. The van der Waals surface area contributed by atoms with Crippen LogP contribution in [-0.2, 0) is 10.0 Å². The van der Waals surface area contributed by atoms with Crippen molar-refractivity contribution in [3.63, 3.8) is 0 Å². The molecule has 0 aliphatic carbocycles. The Morgan fingerprint density at radius 2 is 2.14 bits per heavy atom. The third-order valence-electron chi connectivity index (χ3n) is 3.57. The van der Waals surface area contributed by atoms with Crippen LogP contribution in [0.2, 0.25) is 5.02 Å². The fourth-order valence-electron chi connectivity index (χ4n) is 2.16. The van der Waals surface area contributed by atoms with Crippen molar-refractivity contribution in [1.29, 1.82) is 0 Å². The third kappa shape index (κ3) is 4.03. The first kappa shape index (κ1) is 16.4. The van der Waals surface area contributed by atoms with Crippen LogP contribution in [0.3, 0.4) is 0 Å². The first-order chi connectivity index (χ1) is 9.86. The molecule has 0 bridgehead atoms. The lowest BCUT2D eigenvalue weighted by atomic mass is 9.81. The number of rotatable bonds is 5. The highest BCUT2D eigenvalue weighted by molar-refractivity contribution is 7.89. The molecule has 0 saturated carbocycles. The molecule has 1 fully saturated rings. The van der Waals surface area contributed by atoms with Crippen LogP contribution in [0, 0.1) is 5.41 Å². The van der Waals surface area contributed by atoms with Gasteiger partial charge in [-0.3, -0.25) is 4.39 Å². The van der Waals surface area contributed by atoms with Gasteiger partial charge in [-0.2, -0.15) is 0 Å². The Balaban J connectivity index is 2.09. The van der Waals surface area contributed by atoms with E-state index in [9.17, 15) is 12.8 Å². The number of ether oxygens (including phenoxy) is 1. The minimum absolute atomic E-state index is 0.0319. The molecule has 1 aromatic heterocycles. The van der Waals surface area contributed by atoms with Gasteiger partial charge in [0.05, 0.1) is 19.5 Å². The van der Waals surface area contributed by atoms with E-state index in [0.29, 0.717) is 12.8 Å². The number of aromatic nitrogens is 1. The summed E-state index contributed by atoms with van der Waals surface area (Å²) in [5.41, 5.74) is -0.547. The Morgan fingerprint density at radius 3 is 2.67 bits per heavy atom. The fourth-order valence-corrected chi connectivity index (χ4v) is 2.93. The molecule has 1 aromatic rings. The second-order valence-corrected chi connectivity index (χ2v) is 7.14. The molecule has 6 nitrogen and oxygen atoms in total. The smallest absolute Gasteiger partial charge is 0.239 e. The quantitative estimate of drug-likeness (QED) is 0.839. The van der Waals surface area contributed by atoms with Gasteiger partial charge in [-0.1, -0.05) is 11.6 Å². The van der Waals surface area contributed by atoms with Crippen molar-refractivity contribution in [3.05, 3.63) is 17.3 Å². The number of alkyl halides is 1. The molecule has 9 heteroatoms. The van der Waals surface area contributed by atoms with E-state index >= 15 is 0 Å². The molecule has 1 saturated heterocycles. The minimum atomic E-state index is -3.86. The molecular formula is C12H17ClFN3O3S. The molecule has 2 heterocycles. The van der Waals surface area contributed by atoms with E-state index in [4.69, 9.17) is 21.5 Å². The summed E-state index contributed by atoms with van der Waals surface area (Å²) in [7, 11) is -3.86. The van der Waals surface area contributed by atoms with Gasteiger partial charge in [0.15, 0.2) is 0 Å². The summed E-state index contributed by atoms with van der Waals surface area (Å²) in [6, 6.07) is 1.17. The van der Waals surface area contributed by atoms with Crippen LogP contribution in [0.4, 0.5) is 4.39 Å². The molecule has 1 aliphatic rings. The topological polar surface area (TPSA) is 94.3 Å². The summed E-state index contributed by atoms with van der Waals surface area (Å²) in [4.78, 5) is 3.65. The maximum atomic E-state index is 13.3. The molecule has 0 aromatic carbocycles. The maximum Gasteiger partial charge on any atom is 0.239 e. The number of halogens is 2. The van der Waals surface area contributed by atoms with E-state index in [1.165, 1.54) is 6.07 Å². The van der Waals surface area contributed by atoms with E-state index in [1.807, 2.05) is 0 Å². The molecule has 0 amide bonds. The van der Waals surface area contributed by atoms with Crippen LogP contribution in [0.1, 0.15) is 12.8 Å². The Kier molecular flexibility index (Phi) is 5.03. The largest absolute Gasteiger partial charge is 0.476 e. The highest BCUT2D eigenvalue weighted by Crippen LogP contribution is 2.32. The SMILES string of the molecule is NS(=O)(=O)c1cnc(OCC2(CF)CCNCC2)c(Cl)c1. The number of nitrogens with one attached hydrogen (secondary N) is 1. The van der Waals surface area contributed by atoms with Crippen LogP contribution in [0.5, 0.6) is 5.88 Å². The van der Waals surface area contributed by atoms with Gasteiger partial charge in [-0.15, -0.1) is 0 Å². The van der Waals surface area contributed by atoms with Crippen molar-refractivity contribution in [2.75, 3.05) is 26.4 Å². The van der Waals surface area contributed by atoms with Crippen molar-refractivity contribution in [3.8, 4) is 5.88 Å². The zero-order valence-electron chi connectivity index (χ0n) is 11.3. The summed E-state index contributed by atoms with van der Waals surface area (Å²) in [6.07, 6.45) is 2.40. The highest BCUT2D eigenvalue weighted by Gasteiger charge is 2.33. The lowest BCUT2D eigenvalue weighted by Gasteiger charge is -2.34. The van der Waals surface area contributed by atoms with E-state index < -0.39 is 22.1 Å². The van der Waals surface area contributed by atoms with Gasteiger partial charge in [0.1, 0.15) is 9.92 Å².